The Bertz CT molecular complexity index is 730. The highest BCUT2D eigenvalue weighted by atomic mass is 35.5. The minimum absolute atomic E-state index is 0.230. The minimum Gasteiger partial charge on any atom is -0.387 e. The zero-order valence-corrected chi connectivity index (χ0v) is 13.4. The molecule has 3 rings (SSSR count). The number of fused-ring (bicyclic) bond motifs is 1. The highest BCUT2D eigenvalue weighted by Crippen LogP contribution is 2.29. The van der Waals surface area contributed by atoms with E-state index in [2.05, 4.69) is 5.32 Å². The molecule has 0 atom stereocenters. The van der Waals surface area contributed by atoms with Gasteiger partial charge in [-0.15, -0.1) is 0 Å². The molecule has 0 aromatic heterocycles. The minimum atomic E-state index is -0.905. The van der Waals surface area contributed by atoms with Crippen molar-refractivity contribution in [2.24, 2.45) is 0 Å². The van der Waals surface area contributed by atoms with Crippen molar-refractivity contribution in [1.82, 2.24) is 5.32 Å². The van der Waals surface area contributed by atoms with E-state index in [0.717, 1.165) is 16.7 Å². The van der Waals surface area contributed by atoms with Crippen molar-refractivity contribution in [2.75, 3.05) is 6.54 Å². The molecule has 23 heavy (non-hydrogen) atoms. The lowest BCUT2D eigenvalue weighted by atomic mass is 10.0. The third kappa shape index (κ3) is 3.81. The Morgan fingerprint density at radius 1 is 1.13 bits per heavy atom. The summed E-state index contributed by atoms with van der Waals surface area (Å²) in [5.74, 6) is -0.241. The van der Waals surface area contributed by atoms with Gasteiger partial charge >= 0.3 is 0 Å². The van der Waals surface area contributed by atoms with Crippen LogP contribution in [-0.4, -0.2) is 23.2 Å². The smallest absolute Gasteiger partial charge is 0.244 e. The van der Waals surface area contributed by atoms with Crippen LogP contribution >= 0.6 is 11.6 Å². The molecule has 3 nitrogen and oxygen atoms in total. The molecule has 0 fully saturated rings. The fourth-order valence-electron chi connectivity index (χ4n) is 2.89. The van der Waals surface area contributed by atoms with Crippen molar-refractivity contribution in [3.05, 3.63) is 76.3 Å². The van der Waals surface area contributed by atoms with Crippen LogP contribution < -0.4 is 5.32 Å². The second-order valence-corrected chi connectivity index (χ2v) is 6.33. The number of benzene rings is 2. The molecule has 4 heteroatoms. The Balaban J connectivity index is 1.57. The molecule has 1 amide bonds. The van der Waals surface area contributed by atoms with Gasteiger partial charge in [-0.25, -0.2) is 0 Å². The van der Waals surface area contributed by atoms with Gasteiger partial charge in [0.1, 0.15) is 0 Å². The maximum absolute atomic E-state index is 11.9. The maximum atomic E-state index is 11.9. The molecule has 0 radical (unpaired) electrons. The molecule has 0 saturated heterocycles. The highest BCUT2D eigenvalue weighted by Gasteiger charge is 2.34. The van der Waals surface area contributed by atoms with Crippen LogP contribution in [0, 0.1) is 0 Å². The average Bonchev–Trinajstić information content (AvgIpc) is 2.89. The first-order valence-corrected chi connectivity index (χ1v) is 7.93. The van der Waals surface area contributed by atoms with Gasteiger partial charge in [0.25, 0.3) is 0 Å². The lowest BCUT2D eigenvalue weighted by Gasteiger charge is -2.22. The van der Waals surface area contributed by atoms with Crippen molar-refractivity contribution >= 4 is 23.6 Å². The standard InChI is InChI=1S/C19H18ClNO2/c20-17-8-4-3-5-14(17)9-10-18(22)21-13-19(23)11-15-6-1-2-7-16(15)12-19/h1-10,23H,11-13H2,(H,21,22)/b10-9+. The summed E-state index contributed by atoms with van der Waals surface area (Å²) in [5, 5.41) is 14.0. The topological polar surface area (TPSA) is 49.3 Å². The second-order valence-electron chi connectivity index (χ2n) is 5.92. The molecule has 0 aliphatic heterocycles. The van der Waals surface area contributed by atoms with Gasteiger partial charge in [0.15, 0.2) is 0 Å². The predicted octanol–water partition coefficient (Wildman–Crippen LogP) is 3.00. The average molecular weight is 328 g/mol. The maximum Gasteiger partial charge on any atom is 0.244 e. The van der Waals surface area contributed by atoms with E-state index in [-0.39, 0.29) is 12.5 Å². The van der Waals surface area contributed by atoms with E-state index in [1.165, 1.54) is 6.08 Å². The van der Waals surface area contributed by atoms with Gasteiger partial charge in [-0.1, -0.05) is 54.1 Å². The van der Waals surface area contributed by atoms with Gasteiger partial charge in [-0.05, 0) is 28.8 Å². The van der Waals surface area contributed by atoms with Crippen molar-refractivity contribution in [1.29, 1.82) is 0 Å². The van der Waals surface area contributed by atoms with Crippen LogP contribution in [0.1, 0.15) is 16.7 Å². The fourth-order valence-corrected chi connectivity index (χ4v) is 3.08. The molecule has 0 unspecified atom stereocenters. The Kier molecular flexibility index (Phi) is 4.51. The van der Waals surface area contributed by atoms with Crippen molar-refractivity contribution < 1.29 is 9.90 Å². The first kappa shape index (κ1) is 15.8. The molecule has 0 spiro atoms. The molecule has 0 heterocycles. The number of halogens is 1. The Hall–Kier alpha value is -2.10. The number of nitrogens with one attached hydrogen (secondary N) is 1. The number of carbonyl (C=O) groups excluding carboxylic acids is 1. The summed E-state index contributed by atoms with van der Waals surface area (Å²) in [4.78, 5) is 11.9. The third-order valence-corrected chi connectivity index (χ3v) is 4.41. The Labute approximate surface area is 140 Å². The molecule has 2 aromatic carbocycles. The first-order valence-electron chi connectivity index (χ1n) is 7.55. The zero-order chi connectivity index (χ0) is 16.3. The molecule has 2 N–H and O–H groups in total. The summed E-state index contributed by atoms with van der Waals surface area (Å²) < 4.78 is 0. The number of hydrogen-bond donors (Lipinski definition) is 2. The SMILES string of the molecule is O=C(/C=C/c1ccccc1Cl)NCC1(O)Cc2ccccc2C1. The molecular weight excluding hydrogens is 310 g/mol. The van der Waals surface area contributed by atoms with E-state index in [1.807, 2.05) is 42.5 Å². The quantitative estimate of drug-likeness (QED) is 0.848. The first-order chi connectivity index (χ1) is 11.1. The van der Waals surface area contributed by atoms with Crippen molar-refractivity contribution in [3.63, 3.8) is 0 Å². The lowest BCUT2D eigenvalue weighted by Crippen LogP contribution is -2.43. The summed E-state index contributed by atoms with van der Waals surface area (Å²) in [7, 11) is 0. The van der Waals surface area contributed by atoms with E-state index in [9.17, 15) is 9.90 Å². The number of carbonyl (C=O) groups is 1. The third-order valence-electron chi connectivity index (χ3n) is 4.07. The highest BCUT2D eigenvalue weighted by molar-refractivity contribution is 6.32. The van der Waals surface area contributed by atoms with E-state index in [4.69, 9.17) is 11.6 Å². The fraction of sp³-hybridized carbons (Fsp3) is 0.211. The van der Waals surface area contributed by atoms with Gasteiger partial charge in [-0.2, -0.15) is 0 Å². The second kappa shape index (κ2) is 6.57. The lowest BCUT2D eigenvalue weighted by molar-refractivity contribution is -0.117. The van der Waals surface area contributed by atoms with Crippen LogP contribution in [0.25, 0.3) is 6.08 Å². The van der Waals surface area contributed by atoms with Gasteiger partial charge in [0.2, 0.25) is 5.91 Å². The Morgan fingerprint density at radius 3 is 2.39 bits per heavy atom. The van der Waals surface area contributed by atoms with Crippen LogP contribution in [0.5, 0.6) is 0 Å². The summed E-state index contributed by atoms with van der Waals surface area (Å²) in [6.45, 7) is 0.230. The van der Waals surface area contributed by atoms with Crippen LogP contribution in [-0.2, 0) is 17.6 Å². The van der Waals surface area contributed by atoms with Gasteiger partial charge < -0.3 is 10.4 Å². The summed E-state index contributed by atoms with van der Waals surface area (Å²) in [6.07, 6.45) is 4.24. The molecular formula is C19H18ClNO2. The molecule has 1 aliphatic carbocycles. The monoisotopic (exact) mass is 327 g/mol. The Morgan fingerprint density at radius 2 is 1.74 bits per heavy atom. The molecule has 1 aliphatic rings. The van der Waals surface area contributed by atoms with Crippen LogP contribution in [0.2, 0.25) is 5.02 Å². The van der Waals surface area contributed by atoms with E-state index in [0.29, 0.717) is 17.9 Å². The normalized spacial score (nSPS) is 15.6. The van der Waals surface area contributed by atoms with Gasteiger partial charge in [0, 0.05) is 30.5 Å². The summed E-state index contributed by atoms with van der Waals surface area (Å²) in [5.41, 5.74) is 2.18. The van der Waals surface area contributed by atoms with Gasteiger partial charge in [0.05, 0.1) is 5.60 Å². The molecule has 0 saturated carbocycles. The van der Waals surface area contributed by atoms with Gasteiger partial charge in [-0.3, -0.25) is 4.79 Å². The summed E-state index contributed by atoms with van der Waals surface area (Å²) >= 11 is 6.04. The molecule has 2 aromatic rings. The van der Waals surface area contributed by atoms with Crippen LogP contribution in [0.15, 0.2) is 54.6 Å². The number of aliphatic hydroxyl groups is 1. The summed E-state index contributed by atoms with van der Waals surface area (Å²) in [6, 6.07) is 15.3. The predicted molar refractivity (Wildman–Crippen MR) is 92.3 cm³/mol. The van der Waals surface area contributed by atoms with Crippen LogP contribution in [0.4, 0.5) is 0 Å². The molecule has 118 valence electrons. The van der Waals surface area contributed by atoms with Crippen LogP contribution in [0.3, 0.4) is 0 Å². The van der Waals surface area contributed by atoms with Crippen molar-refractivity contribution in [3.8, 4) is 0 Å². The van der Waals surface area contributed by atoms with E-state index in [1.54, 1.807) is 12.1 Å². The molecule has 0 bridgehead atoms. The number of rotatable bonds is 4. The number of hydrogen-bond acceptors (Lipinski definition) is 2. The largest absolute Gasteiger partial charge is 0.387 e. The zero-order valence-electron chi connectivity index (χ0n) is 12.6. The van der Waals surface area contributed by atoms with Crippen molar-refractivity contribution in [2.45, 2.75) is 18.4 Å². The van der Waals surface area contributed by atoms with E-state index >= 15 is 0 Å². The van der Waals surface area contributed by atoms with E-state index < -0.39 is 5.60 Å². The number of amides is 1.